The molecular weight excluding hydrogens is 280 g/mol. The summed E-state index contributed by atoms with van der Waals surface area (Å²) in [5, 5.41) is 0. The molecule has 0 fully saturated rings. The predicted octanol–water partition coefficient (Wildman–Crippen LogP) is 2.55. The van der Waals surface area contributed by atoms with E-state index in [4.69, 9.17) is 5.73 Å². The molecule has 1 aromatic heterocycles. The first-order valence-corrected chi connectivity index (χ1v) is 6.08. The molecule has 17 heavy (non-hydrogen) atoms. The standard InChI is InChI=1S/C13H13BrN2O/c1-9-4-3-7-16(13(9)17)8-10-5-2-6-11(15)12(10)14/h2-7H,8,15H2,1H3. The third-order valence-electron chi connectivity index (χ3n) is 2.66. The van der Waals surface area contributed by atoms with Gasteiger partial charge in [-0.1, -0.05) is 18.2 Å². The maximum atomic E-state index is 11.9. The van der Waals surface area contributed by atoms with Crippen LogP contribution in [0.1, 0.15) is 11.1 Å². The van der Waals surface area contributed by atoms with Gasteiger partial charge in [0.25, 0.3) is 5.56 Å². The van der Waals surface area contributed by atoms with Gasteiger partial charge in [0.15, 0.2) is 0 Å². The van der Waals surface area contributed by atoms with Gasteiger partial charge in [0.2, 0.25) is 0 Å². The van der Waals surface area contributed by atoms with Crippen molar-refractivity contribution in [3.8, 4) is 0 Å². The summed E-state index contributed by atoms with van der Waals surface area (Å²) in [6.45, 7) is 2.33. The monoisotopic (exact) mass is 292 g/mol. The highest BCUT2D eigenvalue weighted by Gasteiger charge is 2.05. The molecule has 0 saturated heterocycles. The maximum Gasteiger partial charge on any atom is 0.253 e. The lowest BCUT2D eigenvalue weighted by molar-refractivity contribution is 0.750. The summed E-state index contributed by atoms with van der Waals surface area (Å²) in [4.78, 5) is 11.9. The highest BCUT2D eigenvalue weighted by atomic mass is 79.9. The Labute approximate surface area is 108 Å². The second kappa shape index (κ2) is 4.75. The van der Waals surface area contributed by atoms with Gasteiger partial charge in [-0.25, -0.2) is 0 Å². The van der Waals surface area contributed by atoms with Crippen molar-refractivity contribution in [3.05, 3.63) is 62.5 Å². The van der Waals surface area contributed by atoms with Gasteiger partial charge < -0.3 is 10.3 Å². The molecule has 2 aromatic rings. The van der Waals surface area contributed by atoms with E-state index in [0.29, 0.717) is 12.2 Å². The molecule has 0 unspecified atom stereocenters. The van der Waals surface area contributed by atoms with Gasteiger partial charge in [0, 0.05) is 21.9 Å². The fraction of sp³-hybridized carbons (Fsp3) is 0.154. The summed E-state index contributed by atoms with van der Waals surface area (Å²) in [6.07, 6.45) is 1.78. The fourth-order valence-corrected chi connectivity index (χ4v) is 2.08. The number of hydrogen-bond acceptors (Lipinski definition) is 2. The zero-order valence-electron chi connectivity index (χ0n) is 9.48. The topological polar surface area (TPSA) is 48.0 Å². The van der Waals surface area contributed by atoms with Crippen molar-refractivity contribution in [2.45, 2.75) is 13.5 Å². The molecule has 3 nitrogen and oxygen atoms in total. The highest BCUT2D eigenvalue weighted by molar-refractivity contribution is 9.10. The minimum absolute atomic E-state index is 0.0295. The van der Waals surface area contributed by atoms with E-state index in [1.54, 1.807) is 10.8 Å². The Kier molecular flexibility index (Phi) is 3.33. The highest BCUT2D eigenvalue weighted by Crippen LogP contribution is 2.24. The molecule has 0 radical (unpaired) electrons. The van der Waals surface area contributed by atoms with Crippen molar-refractivity contribution in [1.29, 1.82) is 0 Å². The Hall–Kier alpha value is -1.55. The molecule has 0 bridgehead atoms. The van der Waals surface area contributed by atoms with Gasteiger partial charge in [-0.3, -0.25) is 4.79 Å². The number of hydrogen-bond donors (Lipinski definition) is 1. The normalized spacial score (nSPS) is 10.5. The first-order valence-electron chi connectivity index (χ1n) is 5.28. The Morgan fingerprint density at radius 2 is 2.06 bits per heavy atom. The van der Waals surface area contributed by atoms with Crippen LogP contribution in [-0.2, 0) is 6.54 Å². The van der Waals surface area contributed by atoms with E-state index in [1.807, 2.05) is 37.3 Å². The number of aryl methyl sites for hydroxylation is 1. The Morgan fingerprint density at radius 1 is 1.29 bits per heavy atom. The number of rotatable bonds is 2. The van der Waals surface area contributed by atoms with E-state index in [1.165, 1.54) is 0 Å². The van der Waals surface area contributed by atoms with Crippen LogP contribution in [0.4, 0.5) is 5.69 Å². The van der Waals surface area contributed by atoms with Gasteiger partial charge >= 0.3 is 0 Å². The van der Waals surface area contributed by atoms with Crippen molar-refractivity contribution >= 4 is 21.6 Å². The van der Waals surface area contributed by atoms with Crippen LogP contribution in [0.3, 0.4) is 0 Å². The van der Waals surface area contributed by atoms with Crippen LogP contribution in [0.2, 0.25) is 0 Å². The number of halogens is 1. The molecule has 2 N–H and O–H groups in total. The zero-order valence-corrected chi connectivity index (χ0v) is 11.1. The molecule has 0 saturated carbocycles. The molecule has 1 heterocycles. The lowest BCUT2D eigenvalue weighted by Crippen LogP contribution is -2.21. The van der Waals surface area contributed by atoms with E-state index in [2.05, 4.69) is 15.9 Å². The molecule has 0 aliphatic rings. The van der Waals surface area contributed by atoms with Gasteiger partial charge in [0.05, 0.1) is 6.54 Å². The molecule has 88 valence electrons. The molecule has 2 rings (SSSR count). The molecule has 0 aliphatic carbocycles. The quantitative estimate of drug-likeness (QED) is 0.865. The summed E-state index contributed by atoms with van der Waals surface area (Å²) >= 11 is 3.44. The summed E-state index contributed by atoms with van der Waals surface area (Å²) in [7, 11) is 0. The zero-order chi connectivity index (χ0) is 12.4. The smallest absolute Gasteiger partial charge is 0.253 e. The number of nitrogens with two attached hydrogens (primary N) is 1. The Morgan fingerprint density at radius 3 is 2.82 bits per heavy atom. The lowest BCUT2D eigenvalue weighted by Gasteiger charge is -2.09. The molecule has 0 atom stereocenters. The van der Waals surface area contributed by atoms with Gasteiger partial charge in [-0.05, 0) is 40.5 Å². The predicted molar refractivity (Wildman–Crippen MR) is 73.1 cm³/mol. The van der Waals surface area contributed by atoms with Crippen LogP contribution >= 0.6 is 15.9 Å². The number of aromatic nitrogens is 1. The lowest BCUT2D eigenvalue weighted by atomic mass is 10.2. The summed E-state index contributed by atoms with van der Waals surface area (Å²) in [6, 6.07) is 9.35. The number of nitrogens with zero attached hydrogens (tertiary/aromatic N) is 1. The van der Waals surface area contributed by atoms with E-state index in [-0.39, 0.29) is 5.56 Å². The molecule has 0 amide bonds. The van der Waals surface area contributed by atoms with E-state index < -0.39 is 0 Å². The third kappa shape index (κ3) is 2.42. The van der Waals surface area contributed by atoms with Crippen molar-refractivity contribution in [1.82, 2.24) is 4.57 Å². The van der Waals surface area contributed by atoms with Crippen LogP contribution in [0.5, 0.6) is 0 Å². The van der Waals surface area contributed by atoms with Crippen LogP contribution in [-0.4, -0.2) is 4.57 Å². The third-order valence-corrected chi connectivity index (χ3v) is 3.63. The number of benzene rings is 1. The first-order chi connectivity index (χ1) is 8.09. The SMILES string of the molecule is Cc1cccn(Cc2cccc(N)c2Br)c1=O. The maximum absolute atomic E-state index is 11.9. The summed E-state index contributed by atoms with van der Waals surface area (Å²) in [5.74, 6) is 0. The van der Waals surface area contributed by atoms with Crippen molar-refractivity contribution in [3.63, 3.8) is 0 Å². The van der Waals surface area contributed by atoms with E-state index in [9.17, 15) is 4.79 Å². The second-order valence-electron chi connectivity index (χ2n) is 3.94. The van der Waals surface area contributed by atoms with Gasteiger partial charge in [0.1, 0.15) is 0 Å². The fourth-order valence-electron chi connectivity index (χ4n) is 1.69. The number of nitrogen functional groups attached to an aromatic ring is 1. The van der Waals surface area contributed by atoms with Gasteiger partial charge in [-0.15, -0.1) is 0 Å². The van der Waals surface area contributed by atoms with Crippen LogP contribution in [0.25, 0.3) is 0 Å². The molecule has 0 spiro atoms. The average molecular weight is 293 g/mol. The number of pyridine rings is 1. The van der Waals surface area contributed by atoms with Crippen molar-refractivity contribution in [2.75, 3.05) is 5.73 Å². The molecule has 1 aromatic carbocycles. The second-order valence-corrected chi connectivity index (χ2v) is 4.74. The minimum atomic E-state index is 0.0295. The largest absolute Gasteiger partial charge is 0.398 e. The van der Waals surface area contributed by atoms with E-state index in [0.717, 1.165) is 15.6 Å². The van der Waals surface area contributed by atoms with Crippen LogP contribution in [0.15, 0.2) is 45.8 Å². The molecule has 4 heteroatoms. The van der Waals surface area contributed by atoms with Crippen LogP contribution in [0, 0.1) is 6.92 Å². The summed E-state index contributed by atoms with van der Waals surface area (Å²) < 4.78 is 2.53. The van der Waals surface area contributed by atoms with Gasteiger partial charge in [-0.2, -0.15) is 0 Å². The molecular formula is C13H13BrN2O. The number of anilines is 1. The van der Waals surface area contributed by atoms with Crippen LogP contribution < -0.4 is 11.3 Å². The van der Waals surface area contributed by atoms with E-state index >= 15 is 0 Å². The van der Waals surface area contributed by atoms with Crippen molar-refractivity contribution < 1.29 is 0 Å². The Balaban J connectivity index is 2.42. The Bertz CT molecular complexity index is 605. The minimum Gasteiger partial charge on any atom is -0.398 e. The summed E-state index contributed by atoms with van der Waals surface area (Å²) in [5.41, 5.74) is 8.26. The average Bonchev–Trinajstić information content (AvgIpc) is 2.31. The first kappa shape index (κ1) is 11.9. The van der Waals surface area contributed by atoms with Crippen molar-refractivity contribution in [2.24, 2.45) is 0 Å². The molecule has 0 aliphatic heterocycles.